The Morgan fingerprint density at radius 1 is 1.10 bits per heavy atom. The van der Waals surface area contributed by atoms with Crippen molar-refractivity contribution in [1.82, 2.24) is 5.32 Å². The summed E-state index contributed by atoms with van der Waals surface area (Å²) in [4.78, 5) is 0. The van der Waals surface area contributed by atoms with E-state index in [1.165, 1.54) is 44.9 Å². The Labute approximate surface area is 123 Å². The van der Waals surface area contributed by atoms with E-state index >= 15 is 0 Å². The largest absolute Gasteiger partial charge is 0.389 e. The monoisotopic (exact) mass is 285 g/mol. The summed E-state index contributed by atoms with van der Waals surface area (Å²) in [6.07, 6.45) is 9.95. The van der Waals surface area contributed by atoms with Crippen LogP contribution in [0.2, 0.25) is 0 Å². The second-order valence-corrected chi connectivity index (χ2v) is 6.32. The van der Waals surface area contributed by atoms with Gasteiger partial charge < -0.3 is 19.9 Å². The van der Waals surface area contributed by atoms with E-state index in [1.807, 2.05) is 0 Å². The maximum Gasteiger partial charge on any atom is 0.0897 e. The molecule has 0 radical (unpaired) electrons. The molecule has 0 spiro atoms. The molecule has 2 fully saturated rings. The van der Waals surface area contributed by atoms with Crippen molar-refractivity contribution in [3.8, 4) is 0 Å². The molecule has 2 N–H and O–H groups in total. The third-order valence-electron chi connectivity index (χ3n) is 4.15. The van der Waals surface area contributed by atoms with Crippen molar-refractivity contribution in [2.45, 2.75) is 63.6 Å². The molecule has 118 valence electrons. The molecule has 0 aliphatic heterocycles. The Morgan fingerprint density at radius 3 is 2.65 bits per heavy atom. The minimum absolute atomic E-state index is 0.384. The Morgan fingerprint density at radius 2 is 1.90 bits per heavy atom. The van der Waals surface area contributed by atoms with Gasteiger partial charge in [0.15, 0.2) is 0 Å². The summed E-state index contributed by atoms with van der Waals surface area (Å²) in [5.74, 6) is 0.849. The SMILES string of the molecule is OC(CNCCCOCC1CC1)COC1CCCCC1. The second-order valence-electron chi connectivity index (χ2n) is 6.32. The summed E-state index contributed by atoms with van der Waals surface area (Å²) in [5, 5.41) is 13.1. The quantitative estimate of drug-likeness (QED) is 0.571. The molecule has 2 rings (SSSR count). The van der Waals surface area contributed by atoms with Crippen LogP contribution in [-0.4, -0.2) is 50.2 Å². The van der Waals surface area contributed by atoms with Crippen LogP contribution in [0, 0.1) is 5.92 Å². The summed E-state index contributed by atoms with van der Waals surface area (Å²) < 4.78 is 11.3. The van der Waals surface area contributed by atoms with Crippen LogP contribution in [0.1, 0.15) is 51.4 Å². The minimum atomic E-state index is -0.385. The number of aliphatic hydroxyl groups is 1. The molecule has 20 heavy (non-hydrogen) atoms. The van der Waals surface area contributed by atoms with E-state index in [9.17, 15) is 5.11 Å². The molecule has 2 saturated carbocycles. The highest BCUT2D eigenvalue weighted by molar-refractivity contribution is 4.72. The molecule has 0 heterocycles. The van der Waals surface area contributed by atoms with Crippen LogP contribution in [0.15, 0.2) is 0 Å². The Balaban J connectivity index is 1.34. The van der Waals surface area contributed by atoms with E-state index in [4.69, 9.17) is 9.47 Å². The van der Waals surface area contributed by atoms with Gasteiger partial charge in [-0.2, -0.15) is 0 Å². The molecular formula is C16H31NO3. The molecule has 0 aromatic rings. The summed E-state index contributed by atoms with van der Waals surface area (Å²) in [6.45, 7) is 3.77. The molecule has 0 saturated heterocycles. The van der Waals surface area contributed by atoms with E-state index in [0.717, 1.165) is 32.1 Å². The lowest BCUT2D eigenvalue weighted by atomic mass is 9.98. The van der Waals surface area contributed by atoms with Gasteiger partial charge in [0.05, 0.1) is 18.8 Å². The smallest absolute Gasteiger partial charge is 0.0897 e. The van der Waals surface area contributed by atoms with Crippen molar-refractivity contribution in [2.75, 3.05) is 32.9 Å². The fourth-order valence-electron chi connectivity index (χ4n) is 2.64. The van der Waals surface area contributed by atoms with Crippen LogP contribution in [0.3, 0.4) is 0 Å². The fraction of sp³-hybridized carbons (Fsp3) is 1.00. The number of rotatable bonds is 11. The van der Waals surface area contributed by atoms with Crippen LogP contribution >= 0.6 is 0 Å². The van der Waals surface area contributed by atoms with Gasteiger partial charge in [-0.1, -0.05) is 19.3 Å². The minimum Gasteiger partial charge on any atom is -0.389 e. The van der Waals surface area contributed by atoms with Crippen LogP contribution in [0.25, 0.3) is 0 Å². The lowest BCUT2D eigenvalue weighted by Crippen LogP contribution is -2.33. The van der Waals surface area contributed by atoms with Gasteiger partial charge in [-0.15, -0.1) is 0 Å². The van der Waals surface area contributed by atoms with Gasteiger partial charge in [-0.25, -0.2) is 0 Å². The third kappa shape index (κ3) is 7.58. The van der Waals surface area contributed by atoms with Crippen LogP contribution in [-0.2, 0) is 9.47 Å². The molecule has 0 bridgehead atoms. The van der Waals surface area contributed by atoms with Crippen molar-refractivity contribution >= 4 is 0 Å². The lowest BCUT2D eigenvalue weighted by Gasteiger charge is -2.23. The molecular weight excluding hydrogens is 254 g/mol. The van der Waals surface area contributed by atoms with Gasteiger partial charge >= 0.3 is 0 Å². The standard InChI is InChI=1S/C16H31NO3/c18-15(13-20-16-5-2-1-3-6-16)11-17-9-4-10-19-12-14-7-8-14/h14-18H,1-13H2. The van der Waals surface area contributed by atoms with E-state index in [2.05, 4.69) is 5.32 Å². The van der Waals surface area contributed by atoms with Crippen LogP contribution < -0.4 is 5.32 Å². The summed E-state index contributed by atoms with van der Waals surface area (Å²) in [6, 6.07) is 0. The van der Waals surface area contributed by atoms with E-state index < -0.39 is 0 Å². The number of aliphatic hydroxyl groups excluding tert-OH is 1. The van der Waals surface area contributed by atoms with Crippen LogP contribution in [0.5, 0.6) is 0 Å². The molecule has 0 amide bonds. The van der Waals surface area contributed by atoms with Gasteiger partial charge in [0.1, 0.15) is 0 Å². The zero-order valence-electron chi connectivity index (χ0n) is 12.7. The first-order chi connectivity index (χ1) is 9.84. The van der Waals surface area contributed by atoms with E-state index in [0.29, 0.717) is 19.3 Å². The van der Waals surface area contributed by atoms with Gasteiger partial charge in [0.25, 0.3) is 0 Å². The highest BCUT2D eigenvalue weighted by Crippen LogP contribution is 2.28. The Hall–Kier alpha value is -0.160. The maximum atomic E-state index is 9.84. The maximum absolute atomic E-state index is 9.84. The van der Waals surface area contributed by atoms with Crippen molar-refractivity contribution in [3.63, 3.8) is 0 Å². The molecule has 1 unspecified atom stereocenters. The highest BCUT2D eigenvalue weighted by atomic mass is 16.5. The average Bonchev–Trinajstić information content (AvgIpc) is 3.29. The average molecular weight is 285 g/mol. The molecule has 4 heteroatoms. The molecule has 1 atom stereocenters. The van der Waals surface area contributed by atoms with Gasteiger partial charge in [0, 0.05) is 19.8 Å². The summed E-state index contributed by atoms with van der Waals surface area (Å²) in [5.41, 5.74) is 0. The molecule has 2 aliphatic carbocycles. The third-order valence-corrected chi connectivity index (χ3v) is 4.15. The van der Waals surface area contributed by atoms with Crippen molar-refractivity contribution < 1.29 is 14.6 Å². The number of hydrogen-bond donors (Lipinski definition) is 2. The van der Waals surface area contributed by atoms with Crippen LogP contribution in [0.4, 0.5) is 0 Å². The second kappa shape index (κ2) is 9.72. The van der Waals surface area contributed by atoms with Gasteiger partial charge in [0.2, 0.25) is 0 Å². The molecule has 4 nitrogen and oxygen atoms in total. The topological polar surface area (TPSA) is 50.7 Å². The first-order valence-electron chi connectivity index (χ1n) is 8.42. The molecule has 0 aromatic carbocycles. The predicted molar refractivity (Wildman–Crippen MR) is 79.9 cm³/mol. The molecule has 0 aromatic heterocycles. The fourth-order valence-corrected chi connectivity index (χ4v) is 2.64. The normalized spacial score (nSPS) is 22.1. The van der Waals surface area contributed by atoms with Gasteiger partial charge in [-0.05, 0) is 44.6 Å². The summed E-state index contributed by atoms with van der Waals surface area (Å²) >= 11 is 0. The van der Waals surface area contributed by atoms with Gasteiger partial charge in [-0.3, -0.25) is 0 Å². The molecule has 2 aliphatic rings. The number of ether oxygens (including phenoxy) is 2. The van der Waals surface area contributed by atoms with Crippen molar-refractivity contribution in [1.29, 1.82) is 0 Å². The first kappa shape index (κ1) is 16.2. The lowest BCUT2D eigenvalue weighted by molar-refractivity contribution is -0.0230. The highest BCUT2D eigenvalue weighted by Gasteiger charge is 2.20. The summed E-state index contributed by atoms with van der Waals surface area (Å²) in [7, 11) is 0. The van der Waals surface area contributed by atoms with E-state index in [-0.39, 0.29) is 6.10 Å². The zero-order valence-corrected chi connectivity index (χ0v) is 12.7. The number of nitrogens with one attached hydrogen (secondary N) is 1. The zero-order chi connectivity index (χ0) is 14.0. The van der Waals surface area contributed by atoms with Crippen molar-refractivity contribution in [2.24, 2.45) is 5.92 Å². The Kier molecular flexibility index (Phi) is 7.88. The first-order valence-corrected chi connectivity index (χ1v) is 8.42. The predicted octanol–water partition coefficient (Wildman–Crippen LogP) is 2.10. The number of hydrogen-bond acceptors (Lipinski definition) is 4. The van der Waals surface area contributed by atoms with Crippen molar-refractivity contribution in [3.05, 3.63) is 0 Å². The Bertz CT molecular complexity index is 240. The van der Waals surface area contributed by atoms with E-state index in [1.54, 1.807) is 0 Å².